The molecule has 0 amide bonds. The standard InChI is InChI=1S/C12H18N2OS/c13-11-8-10(2-3-12(11)15)9-14-4-1-6-16-7-5-14/h2-3,8,15H,1,4-7,9,13H2. The highest BCUT2D eigenvalue weighted by molar-refractivity contribution is 7.99. The average molecular weight is 238 g/mol. The highest BCUT2D eigenvalue weighted by Crippen LogP contribution is 2.22. The van der Waals surface area contributed by atoms with E-state index in [4.69, 9.17) is 5.73 Å². The van der Waals surface area contributed by atoms with E-state index in [-0.39, 0.29) is 5.75 Å². The Morgan fingerprint density at radius 2 is 2.19 bits per heavy atom. The number of hydrogen-bond donors (Lipinski definition) is 2. The van der Waals surface area contributed by atoms with Crippen LogP contribution in [0.4, 0.5) is 5.69 Å². The lowest BCUT2D eigenvalue weighted by Gasteiger charge is -2.19. The van der Waals surface area contributed by atoms with Gasteiger partial charge in [0.05, 0.1) is 5.69 Å². The molecular weight excluding hydrogens is 220 g/mol. The molecule has 0 saturated carbocycles. The van der Waals surface area contributed by atoms with Crippen LogP contribution >= 0.6 is 11.8 Å². The summed E-state index contributed by atoms with van der Waals surface area (Å²) in [5.74, 6) is 2.66. The van der Waals surface area contributed by atoms with Gasteiger partial charge in [-0.15, -0.1) is 0 Å². The third-order valence-electron chi connectivity index (χ3n) is 2.81. The molecule has 0 spiro atoms. The lowest BCUT2D eigenvalue weighted by atomic mass is 10.1. The normalized spacial score (nSPS) is 18.2. The van der Waals surface area contributed by atoms with Gasteiger partial charge in [-0.1, -0.05) is 6.07 Å². The Morgan fingerprint density at radius 3 is 3.00 bits per heavy atom. The van der Waals surface area contributed by atoms with E-state index in [1.807, 2.05) is 23.9 Å². The van der Waals surface area contributed by atoms with E-state index >= 15 is 0 Å². The van der Waals surface area contributed by atoms with Crippen LogP contribution in [0.1, 0.15) is 12.0 Å². The van der Waals surface area contributed by atoms with Crippen molar-refractivity contribution in [1.82, 2.24) is 4.90 Å². The summed E-state index contributed by atoms with van der Waals surface area (Å²) in [5, 5.41) is 9.35. The van der Waals surface area contributed by atoms with Gasteiger partial charge in [-0.2, -0.15) is 11.8 Å². The molecule has 0 bridgehead atoms. The van der Waals surface area contributed by atoms with Crippen LogP contribution in [-0.4, -0.2) is 34.6 Å². The topological polar surface area (TPSA) is 49.5 Å². The molecule has 3 nitrogen and oxygen atoms in total. The fourth-order valence-electron chi connectivity index (χ4n) is 1.92. The average Bonchev–Trinajstić information content (AvgIpc) is 2.52. The molecule has 16 heavy (non-hydrogen) atoms. The highest BCUT2D eigenvalue weighted by atomic mass is 32.2. The molecule has 4 heteroatoms. The van der Waals surface area contributed by atoms with Crippen LogP contribution in [0.2, 0.25) is 0 Å². The summed E-state index contributed by atoms with van der Waals surface area (Å²) < 4.78 is 0. The van der Waals surface area contributed by atoms with Crippen LogP contribution in [0.15, 0.2) is 18.2 Å². The molecule has 1 aromatic carbocycles. The Kier molecular flexibility index (Phi) is 3.96. The van der Waals surface area contributed by atoms with Gasteiger partial charge in [0.25, 0.3) is 0 Å². The quantitative estimate of drug-likeness (QED) is 0.610. The first-order valence-electron chi connectivity index (χ1n) is 5.63. The number of phenols is 1. The molecule has 1 aromatic rings. The van der Waals surface area contributed by atoms with Crippen molar-refractivity contribution in [3.8, 4) is 5.75 Å². The number of benzene rings is 1. The predicted molar refractivity (Wildman–Crippen MR) is 69.7 cm³/mol. The lowest BCUT2D eigenvalue weighted by molar-refractivity contribution is 0.287. The molecule has 0 aromatic heterocycles. The minimum absolute atomic E-state index is 0.176. The van der Waals surface area contributed by atoms with Crippen molar-refractivity contribution in [1.29, 1.82) is 0 Å². The molecule has 0 atom stereocenters. The largest absolute Gasteiger partial charge is 0.506 e. The summed E-state index contributed by atoms with van der Waals surface area (Å²) in [5.41, 5.74) is 7.34. The van der Waals surface area contributed by atoms with Gasteiger partial charge >= 0.3 is 0 Å². The van der Waals surface area contributed by atoms with Gasteiger partial charge in [-0.25, -0.2) is 0 Å². The molecule has 0 unspecified atom stereocenters. The Labute approximate surface area is 101 Å². The first-order valence-corrected chi connectivity index (χ1v) is 6.78. The van der Waals surface area contributed by atoms with Crippen LogP contribution in [0, 0.1) is 0 Å². The summed E-state index contributed by atoms with van der Waals surface area (Å²) in [6, 6.07) is 5.49. The number of nitrogens with two attached hydrogens (primary N) is 1. The molecule has 3 N–H and O–H groups in total. The first-order chi connectivity index (χ1) is 7.75. The van der Waals surface area contributed by atoms with Crippen LogP contribution < -0.4 is 5.73 Å². The van der Waals surface area contributed by atoms with Gasteiger partial charge in [0.2, 0.25) is 0 Å². The Balaban J connectivity index is 1.99. The van der Waals surface area contributed by atoms with Crippen molar-refractivity contribution in [3.63, 3.8) is 0 Å². The zero-order valence-electron chi connectivity index (χ0n) is 9.35. The second-order valence-electron chi connectivity index (χ2n) is 4.14. The fourth-order valence-corrected chi connectivity index (χ4v) is 2.84. The van der Waals surface area contributed by atoms with Crippen molar-refractivity contribution in [2.45, 2.75) is 13.0 Å². The van der Waals surface area contributed by atoms with Crippen molar-refractivity contribution in [2.75, 3.05) is 30.3 Å². The molecule has 1 fully saturated rings. The second-order valence-corrected chi connectivity index (χ2v) is 5.36. The van der Waals surface area contributed by atoms with Crippen LogP contribution in [0.3, 0.4) is 0 Å². The Bertz CT molecular complexity index is 349. The SMILES string of the molecule is Nc1cc(CN2CCCSCC2)ccc1O. The van der Waals surface area contributed by atoms with Crippen molar-refractivity contribution in [3.05, 3.63) is 23.8 Å². The molecule has 1 aliphatic heterocycles. The fraction of sp³-hybridized carbons (Fsp3) is 0.500. The van der Waals surface area contributed by atoms with E-state index in [1.165, 1.54) is 23.5 Å². The van der Waals surface area contributed by atoms with E-state index in [0.717, 1.165) is 19.6 Å². The maximum atomic E-state index is 9.35. The van der Waals surface area contributed by atoms with Crippen LogP contribution in [0.5, 0.6) is 5.75 Å². The van der Waals surface area contributed by atoms with Crippen molar-refractivity contribution < 1.29 is 5.11 Å². The molecule has 1 heterocycles. The first kappa shape index (κ1) is 11.6. The van der Waals surface area contributed by atoms with E-state index in [0.29, 0.717) is 5.69 Å². The predicted octanol–water partition coefficient (Wildman–Crippen LogP) is 1.91. The number of nitrogen functional groups attached to an aromatic ring is 1. The molecule has 0 radical (unpaired) electrons. The van der Waals surface area contributed by atoms with Crippen molar-refractivity contribution in [2.24, 2.45) is 0 Å². The van der Waals surface area contributed by atoms with Gasteiger partial charge in [-0.3, -0.25) is 4.90 Å². The number of hydrogen-bond acceptors (Lipinski definition) is 4. The second kappa shape index (κ2) is 5.46. The summed E-state index contributed by atoms with van der Waals surface area (Å²) in [6.45, 7) is 3.24. The lowest BCUT2D eigenvalue weighted by Crippen LogP contribution is -2.25. The van der Waals surface area contributed by atoms with E-state index in [2.05, 4.69) is 4.90 Å². The highest BCUT2D eigenvalue weighted by Gasteiger charge is 2.10. The van der Waals surface area contributed by atoms with Crippen LogP contribution in [-0.2, 0) is 6.54 Å². The van der Waals surface area contributed by atoms with Gasteiger partial charge in [0.15, 0.2) is 0 Å². The zero-order chi connectivity index (χ0) is 11.4. The minimum Gasteiger partial charge on any atom is -0.506 e. The third-order valence-corrected chi connectivity index (χ3v) is 3.86. The number of rotatable bonds is 2. The van der Waals surface area contributed by atoms with Gasteiger partial charge in [-0.05, 0) is 36.4 Å². The summed E-state index contributed by atoms with van der Waals surface area (Å²) in [7, 11) is 0. The molecular formula is C12H18N2OS. The summed E-state index contributed by atoms with van der Waals surface area (Å²) >= 11 is 2.03. The smallest absolute Gasteiger partial charge is 0.138 e. The monoisotopic (exact) mass is 238 g/mol. The number of thioether (sulfide) groups is 1. The van der Waals surface area contributed by atoms with E-state index in [9.17, 15) is 5.11 Å². The van der Waals surface area contributed by atoms with E-state index in [1.54, 1.807) is 6.07 Å². The van der Waals surface area contributed by atoms with E-state index < -0.39 is 0 Å². The van der Waals surface area contributed by atoms with Crippen molar-refractivity contribution >= 4 is 17.4 Å². The summed E-state index contributed by atoms with van der Waals surface area (Å²) in [4.78, 5) is 2.45. The molecule has 1 saturated heterocycles. The number of phenolic OH excluding ortho intramolecular Hbond substituents is 1. The van der Waals surface area contributed by atoms with Gasteiger partial charge < -0.3 is 10.8 Å². The molecule has 0 aliphatic carbocycles. The van der Waals surface area contributed by atoms with Gasteiger partial charge in [0.1, 0.15) is 5.75 Å². The zero-order valence-corrected chi connectivity index (χ0v) is 10.2. The Hall–Kier alpha value is -0.870. The van der Waals surface area contributed by atoms with Crippen LogP contribution in [0.25, 0.3) is 0 Å². The third kappa shape index (κ3) is 3.06. The summed E-state index contributed by atoms with van der Waals surface area (Å²) in [6.07, 6.45) is 1.26. The number of anilines is 1. The number of nitrogens with zero attached hydrogens (tertiary/aromatic N) is 1. The molecule has 88 valence electrons. The molecule has 2 rings (SSSR count). The maximum Gasteiger partial charge on any atom is 0.138 e. The molecule has 1 aliphatic rings. The Morgan fingerprint density at radius 1 is 1.31 bits per heavy atom. The minimum atomic E-state index is 0.176. The number of aromatic hydroxyl groups is 1. The maximum absolute atomic E-state index is 9.35. The van der Waals surface area contributed by atoms with Gasteiger partial charge in [0, 0.05) is 18.8 Å².